The monoisotopic (exact) mass is 430 g/mol. The molecule has 0 saturated carbocycles. The fraction of sp³-hybridized carbons (Fsp3) is 0.120. The van der Waals surface area contributed by atoms with E-state index in [-0.39, 0.29) is 5.91 Å². The molecule has 6 heteroatoms. The second-order valence-electron chi connectivity index (χ2n) is 7.44. The van der Waals surface area contributed by atoms with Crippen molar-refractivity contribution in [1.29, 1.82) is 0 Å². The van der Waals surface area contributed by atoms with E-state index < -0.39 is 0 Å². The van der Waals surface area contributed by atoms with Gasteiger partial charge < -0.3 is 10.7 Å². The lowest BCUT2D eigenvalue weighted by Gasteiger charge is -2.12. The quantitative estimate of drug-likeness (QED) is 0.355. The summed E-state index contributed by atoms with van der Waals surface area (Å²) in [7, 11) is 0. The van der Waals surface area contributed by atoms with Gasteiger partial charge in [0.2, 0.25) is 5.95 Å². The topological polar surface area (TPSA) is 83.8 Å². The van der Waals surface area contributed by atoms with Crippen LogP contribution in [0.2, 0.25) is 5.02 Å². The van der Waals surface area contributed by atoms with Crippen molar-refractivity contribution in [2.45, 2.75) is 19.8 Å². The minimum Gasteiger partial charge on any atom is -0.398 e. The number of halogens is 1. The second-order valence-corrected chi connectivity index (χ2v) is 7.88. The third kappa shape index (κ3) is 4.95. The molecule has 0 fully saturated rings. The van der Waals surface area contributed by atoms with Crippen LogP contribution in [0.5, 0.6) is 0 Å². The maximum atomic E-state index is 13.2. The number of nitrogens with zero attached hydrogens (tertiary/aromatic N) is 1. The number of hydrogen-bond acceptors (Lipinski definition) is 3. The number of aryl methyl sites for hydroxylation is 2. The van der Waals surface area contributed by atoms with Crippen molar-refractivity contribution in [2.75, 3.05) is 5.32 Å². The predicted molar refractivity (Wildman–Crippen MR) is 127 cm³/mol. The average Bonchev–Trinajstić information content (AvgIpc) is 3.16. The number of nitrogens with one attached hydrogen (secondary N) is 2. The number of aromatic amines is 1. The molecule has 0 radical (unpaired) electrons. The fourth-order valence-electron chi connectivity index (χ4n) is 3.41. The Labute approximate surface area is 186 Å². The highest BCUT2D eigenvalue weighted by molar-refractivity contribution is 6.31. The first-order valence-electron chi connectivity index (χ1n) is 10.1. The Morgan fingerprint density at radius 1 is 1.06 bits per heavy atom. The van der Waals surface area contributed by atoms with Gasteiger partial charge >= 0.3 is 0 Å². The largest absolute Gasteiger partial charge is 0.398 e. The number of aromatic nitrogens is 2. The Kier molecular flexibility index (Phi) is 6.05. The van der Waals surface area contributed by atoms with E-state index in [9.17, 15) is 4.79 Å². The summed E-state index contributed by atoms with van der Waals surface area (Å²) in [4.78, 5) is 20.7. The number of carbonyl (C=O) groups is 1. The van der Waals surface area contributed by atoms with E-state index in [1.54, 1.807) is 18.2 Å². The van der Waals surface area contributed by atoms with E-state index in [4.69, 9.17) is 17.3 Å². The van der Waals surface area contributed by atoms with Crippen LogP contribution in [0.3, 0.4) is 0 Å². The minimum atomic E-state index is -0.279. The van der Waals surface area contributed by atoms with Crippen LogP contribution in [0.15, 0.2) is 78.4 Å². The zero-order chi connectivity index (χ0) is 21.8. The van der Waals surface area contributed by atoms with Crippen LogP contribution in [0.4, 0.5) is 5.95 Å². The predicted octanol–water partition coefficient (Wildman–Crippen LogP) is 5.47. The molecule has 0 spiro atoms. The molecule has 1 amide bonds. The Hall–Kier alpha value is -3.57. The van der Waals surface area contributed by atoms with Gasteiger partial charge in [0.15, 0.2) is 0 Å². The number of hydrogen-bond donors (Lipinski definition) is 3. The molecule has 4 N–H and O–H groups in total. The summed E-state index contributed by atoms with van der Waals surface area (Å²) in [6.45, 7) is 2.05. The first-order chi connectivity index (χ1) is 15.0. The zero-order valence-electron chi connectivity index (χ0n) is 17.2. The number of anilines is 1. The highest BCUT2D eigenvalue weighted by atomic mass is 35.5. The maximum Gasteiger partial charge on any atom is 0.255 e. The molecule has 0 bridgehead atoms. The Bertz CT molecular complexity index is 1240. The lowest BCUT2D eigenvalue weighted by molar-refractivity contribution is -0.113. The molecule has 1 aromatic heterocycles. The van der Waals surface area contributed by atoms with Crippen LogP contribution >= 0.6 is 11.6 Å². The third-order valence-corrected chi connectivity index (χ3v) is 5.38. The number of fused-ring (bicyclic) bond motifs is 1. The summed E-state index contributed by atoms with van der Waals surface area (Å²) in [5, 5.41) is 3.46. The molecule has 156 valence electrons. The van der Waals surface area contributed by atoms with Gasteiger partial charge in [-0.3, -0.25) is 10.1 Å². The van der Waals surface area contributed by atoms with Crippen molar-refractivity contribution in [1.82, 2.24) is 9.97 Å². The van der Waals surface area contributed by atoms with Crippen molar-refractivity contribution in [2.24, 2.45) is 5.73 Å². The molecule has 5 nitrogen and oxygen atoms in total. The summed E-state index contributed by atoms with van der Waals surface area (Å²) < 4.78 is 0. The van der Waals surface area contributed by atoms with Gasteiger partial charge in [-0.05, 0) is 49.1 Å². The van der Waals surface area contributed by atoms with Crippen LogP contribution in [0.1, 0.15) is 23.1 Å². The molecule has 0 saturated heterocycles. The first-order valence-corrected chi connectivity index (χ1v) is 10.4. The van der Waals surface area contributed by atoms with Gasteiger partial charge in [-0.2, -0.15) is 0 Å². The Balaban J connectivity index is 1.61. The van der Waals surface area contributed by atoms with Gasteiger partial charge in [0.05, 0.1) is 11.0 Å². The summed E-state index contributed by atoms with van der Waals surface area (Å²) in [5.74, 6) is 0.0783. The number of rotatable bonds is 6. The Morgan fingerprint density at radius 2 is 1.81 bits per heavy atom. The number of benzene rings is 3. The molecule has 1 heterocycles. The van der Waals surface area contributed by atoms with E-state index in [0.717, 1.165) is 22.2 Å². The molecule has 0 aliphatic heterocycles. The summed E-state index contributed by atoms with van der Waals surface area (Å²) in [6.07, 6.45) is 1.20. The van der Waals surface area contributed by atoms with Gasteiger partial charge in [-0.25, -0.2) is 4.98 Å². The molecule has 0 aliphatic carbocycles. The van der Waals surface area contributed by atoms with Crippen molar-refractivity contribution < 1.29 is 4.79 Å². The van der Waals surface area contributed by atoms with Gasteiger partial charge in [0.1, 0.15) is 0 Å². The third-order valence-electron chi connectivity index (χ3n) is 5.14. The minimum absolute atomic E-state index is 0.279. The number of nitrogens with two attached hydrogens (primary N) is 1. The van der Waals surface area contributed by atoms with Gasteiger partial charge in [0, 0.05) is 16.3 Å². The van der Waals surface area contributed by atoms with Gasteiger partial charge in [-0.1, -0.05) is 71.8 Å². The molecule has 3 aromatic carbocycles. The lowest BCUT2D eigenvalue weighted by atomic mass is 9.98. The lowest BCUT2D eigenvalue weighted by Crippen LogP contribution is -2.19. The van der Waals surface area contributed by atoms with Crippen molar-refractivity contribution in [3.05, 3.63) is 100 Å². The highest BCUT2D eigenvalue weighted by Gasteiger charge is 2.17. The summed E-state index contributed by atoms with van der Waals surface area (Å²) >= 11 is 6.04. The van der Waals surface area contributed by atoms with Crippen molar-refractivity contribution >= 4 is 40.2 Å². The fourth-order valence-corrected chi connectivity index (χ4v) is 3.58. The molecular formula is C25H23ClN4O. The standard InChI is InChI=1S/C25H23ClN4O/c1-16-7-9-17(10-8-16)11-13-20(23(27)18-5-3-2-4-6-18)24(31)30-25-28-21-14-12-19(26)15-22(21)29-25/h2-10,12,14-15H,11,13,27H2,1H3,(H2,28,29,30,31)/b23-20-. The second kappa shape index (κ2) is 9.06. The normalized spacial score (nSPS) is 11.9. The smallest absolute Gasteiger partial charge is 0.255 e. The van der Waals surface area contributed by atoms with Gasteiger partial charge in [-0.15, -0.1) is 0 Å². The molecule has 0 unspecified atom stereocenters. The number of H-pyrrole nitrogens is 1. The van der Waals surface area contributed by atoms with Crippen LogP contribution in [0.25, 0.3) is 16.7 Å². The van der Waals surface area contributed by atoms with Gasteiger partial charge in [0.25, 0.3) is 5.91 Å². The van der Waals surface area contributed by atoms with E-state index >= 15 is 0 Å². The molecule has 4 rings (SSSR count). The van der Waals surface area contributed by atoms with Crippen molar-refractivity contribution in [3.8, 4) is 0 Å². The number of carbonyl (C=O) groups excluding carboxylic acids is 1. The highest BCUT2D eigenvalue weighted by Crippen LogP contribution is 2.22. The molecular weight excluding hydrogens is 408 g/mol. The zero-order valence-corrected chi connectivity index (χ0v) is 17.9. The molecule has 0 aliphatic rings. The van der Waals surface area contributed by atoms with Crippen molar-refractivity contribution in [3.63, 3.8) is 0 Å². The molecule has 31 heavy (non-hydrogen) atoms. The van der Waals surface area contributed by atoms with Crippen LogP contribution in [0, 0.1) is 6.92 Å². The van der Waals surface area contributed by atoms with Crippen LogP contribution < -0.4 is 11.1 Å². The van der Waals surface area contributed by atoms with Crippen LogP contribution in [-0.2, 0) is 11.2 Å². The average molecular weight is 431 g/mol. The molecule has 4 aromatic rings. The Morgan fingerprint density at radius 3 is 2.55 bits per heavy atom. The summed E-state index contributed by atoms with van der Waals surface area (Å²) in [5.41, 5.74) is 12.1. The van der Waals surface area contributed by atoms with Crippen LogP contribution in [-0.4, -0.2) is 15.9 Å². The van der Waals surface area contributed by atoms with E-state index in [2.05, 4.69) is 46.5 Å². The number of amides is 1. The first kappa shape index (κ1) is 20.7. The maximum absolute atomic E-state index is 13.2. The number of imidazole rings is 1. The SMILES string of the molecule is Cc1ccc(CC/C(C(=O)Nc2nc3ccc(Cl)cc3[nH]2)=C(/N)c2ccccc2)cc1. The van der Waals surface area contributed by atoms with E-state index in [1.807, 2.05) is 30.3 Å². The van der Waals surface area contributed by atoms with E-state index in [0.29, 0.717) is 35.1 Å². The molecule has 0 atom stereocenters. The van der Waals surface area contributed by atoms with E-state index in [1.165, 1.54) is 5.56 Å². The summed E-state index contributed by atoms with van der Waals surface area (Å²) in [6, 6.07) is 23.1.